The molecule has 0 aliphatic carbocycles. The van der Waals surface area contributed by atoms with Gasteiger partial charge in [-0.1, -0.05) is 6.07 Å². The highest BCUT2D eigenvalue weighted by Crippen LogP contribution is 2.43. The molecule has 0 amide bonds. The topological polar surface area (TPSA) is 87.6 Å². The van der Waals surface area contributed by atoms with Gasteiger partial charge in [-0.05, 0) is 49.1 Å². The Labute approximate surface area is 173 Å². The summed E-state index contributed by atoms with van der Waals surface area (Å²) in [5, 5.41) is 16.9. The van der Waals surface area contributed by atoms with Crippen LogP contribution in [0.2, 0.25) is 0 Å². The number of hydrogen-bond acceptors (Lipinski definition) is 5. The van der Waals surface area contributed by atoms with Crippen LogP contribution in [0, 0.1) is 5.82 Å². The lowest BCUT2D eigenvalue weighted by Crippen LogP contribution is -2.48. The molecule has 1 aliphatic heterocycles. The van der Waals surface area contributed by atoms with Crippen LogP contribution >= 0.6 is 0 Å². The smallest absolute Gasteiger partial charge is 0.422 e. The highest BCUT2D eigenvalue weighted by molar-refractivity contribution is 5.93. The van der Waals surface area contributed by atoms with Gasteiger partial charge in [0.25, 0.3) is 5.56 Å². The second-order valence-electron chi connectivity index (χ2n) is 7.34. The fourth-order valence-corrected chi connectivity index (χ4v) is 3.66. The number of aromatic amines is 1. The first-order valence-electron chi connectivity index (χ1n) is 9.41. The molecule has 0 fully saturated rings. The lowest BCUT2D eigenvalue weighted by Gasteiger charge is -2.33. The molecular weight excluding hydrogens is 418 g/mol. The minimum absolute atomic E-state index is 0.0530. The predicted molar refractivity (Wildman–Crippen MR) is 105 cm³/mol. The number of aliphatic imine (C=N–C) groups is 1. The quantitative estimate of drug-likeness (QED) is 0.479. The minimum atomic E-state index is -5.04. The van der Waals surface area contributed by atoms with Gasteiger partial charge in [-0.2, -0.15) is 18.3 Å². The summed E-state index contributed by atoms with van der Waals surface area (Å²) in [4.78, 5) is 15.7. The number of ether oxygens (including phenoxy) is 1. The summed E-state index contributed by atoms with van der Waals surface area (Å²) in [6.07, 6.45) is -3.92. The molecule has 0 spiro atoms. The third-order valence-electron chi connectivity index (χ3n) is 5.29. The minimum Gasteiger partial charge on any atom is -0.493 e. The van der Waals surface area contributed by atoms with Crippen molar-refractivity contribution in [3.05, 3.63) is 64.3 Å². The van der Waals surface area contributed by atoms with Crippen LogP contribution in [-0.2, 0) is 0 Å². The second-order valence-corrected chi connectivity index (χ2v) is 7.34. The van der Waals surface area contributed by atoms with Crippen molar-refractivity contribution in [3.8, 4) is 5.75 Å². The largest absolute Gasteiger partial charge is 0.493 e. The van der Waals surface area contributed by atoms with Gasteiger partial charge in [0, 0.05) is 17.2 Å². The van der Waals surface area contributed by atoms with Crippen LogP contribution in [0.1, 0.15) is 24.3 Å². The van der Waals surface area contributed by atoms with Crippen molar-refractivity contribution in [1.29, 1.82) is 0 Å². The maximum atomic E-state index is 13.9. The van der Waals surface area contributed by atoms with Crippen molar-refractivity contribution in [2.45, 2.75) is 30.5 Å². The Kier molecular flexibility index (Phi) is 5.26. The monoisotopic (exact) mass is 435 g/mol. The van der Waals surface area contributed by atoms with E-state index in [1.165, 1.54) is 30.5 Å². The molecule has 0 saturated heterocycles. The van der Waals surface area contributed by atoms with Gasteiger partial charge in [0.05, 0.1) is 23.9 Å². The van der Waals surface area contributed by atoms with E-state index in [1.807, 2.05) is 0 Å². The Bertz CT molecular complexity index is 1210. The summed E-state index contributed by atoms with van der Waals surface area (Å²) in [5.41, 5.74) is -3.48. The highest BCUT2D eigenvalue weighted by atomic mass is 19.4. The average molecular weight is 435 g/mol. The molecule has 2 heterocycles. The van der Waals surface area contributed by atoms with Gasteiger partial charge < -0.3 is 9.84 Å². The zero-order valence-electron chi connectivity index (χ0n) is 16.0. The summed E-state index contributed by atoms with van der Waals surface area (Å²) in [5.74, 6) is -1.11. The van der Waals surface area contributed by atoms with Crippen LogP contribution in [0.15, 0.2) is 52.4 Å². The predicted octanol–water partition coefficient (Wildman–Crippen LogP) is 4.01. The van der Waals surface area contributed by atoms with Crippen molar-refractivity contribution in [1.82, 2.24) is 10.2 Å². The summed E-state index contributed by atoms with van der Waals surface area (Å²) in [6.45, 7) is 0.145. The van der Waals surface area contributed by atoms with E-state index in [0.29, 0.717) is 12.0 Å². The Morgan fingerprint density at radius 1 is 1.26 bits per heavy atom. The molecule has 162 valence electrons. The number of aliphatic hydroxyl groups is 1. The molecule has 2 unspecified atom stereocenters. The highest BCUT2D eigenvalue weighted by Gasteiger charge is 2.54. The number of nitrogens with zero attached hydrogens (tertiary/aromatic N) is 2. The van der Waals surface area contributed by atoms with Crippen molar-refractivity contribution >= 4 is 22.7 Å². The van der Waals surface area contributed by atoms with Crippen LogP contribution < -0.4 is 10.3 Å². The van der Waals surface area contributed by atoms with E-state index < -0.39 is 35.5 Å². The molecule has 1 aliphatic rings. The summed E-state index contributed by atoms with van der Waals surface area (Å²) < 4.78 is 60.7. The summed E-state index contributed by atoms with van der Waals surface area (Å²) in [7, 11) is 0. The van der Waals surface area contributed by atoms with Gasteiger partial charge in [-0.15, -0.1) is 0 Å². The fraction of sp³-hybridized carbons (Fsp3) is 0.286. The molecule has 31 heavy (non-hydrogen) atoms. The van der Waals surface area contributed by atoms with E-state index in [0.717, 1.165) is 12.1 Å². The SMILES string of the molecule is O=c1[nH]ncc2c(N=CC(O)(CC3CCOc4ccc(F)cc43)C(F)(F)F)cccc12. The summed E-state index contributed by atoms with van der Waals surface area (Å²) in [6, 6.07) is 8.01. The summed E-state index contributed by atoms with van der Waals surface area (Å²) >= 11 is 0. The van der Waals surface area contributed by atoms with Gasteiger partial charge in [-0.3, -0.25) is 9.79 Å². The number of H-pyrrole nitrogens is 1. The van der Waals surface area contributed by atoms with E-state index in [-0.39, 0.29) is 35.1 Å². The molecule has 3 aromatic rings. The zero-order chi connectivity index (χ0) is 22.2. The van der Waals surface area contributed by atoms with Gasteiger partial charge in [0.15, 0.2) is 5.60 Å². The van der Waals surface area contributed by atoms with E-state index in [9.17, 15) is 27.5 Å². The molecule has 0 saturated carbocycles. The van der Waals surface area contributed by atoms with Crippen LogP contribution in [-0.4, -0.2) is 39.9 Å². The standard InChI is InChI=1S/C21H17F4N3O3/c22-13-4-5-18-15(8-13)12(6-7-31-18)9-20(30,21(23,24)25)11-26-17-3-1-2-14-16(17)10-27-28-19(14)29/h1-5,8,10-12,30H,6-7,9H2,(H,28,29). The number of fused-ring (bicyclic) bond motifs is 2. The second kappa shape index (κ2) is 7.77. The number of hydrogen-bond donors (Lipinski definition) is 2. The van der Waals surface area contributed by atoms with E-state index in [2.05, 4.69) is 15.2 Å². The van der Waals surface area contributed by atoms with Crippen LogP contribution in [0.25, 0.3) is 10.8 Å². The Morgan fingerprint density at radius 3 is 2.84 bits per heavy atom. The molecule has 6 nitrogen and oxygen atoms in total. The van der Waals surface area contributed by atoms with Crippen molar-refractivity contribution in [2.24, 2.45) is 4.99 Å². The third-order valence-corrected chi connectivity index (χ3v) is 5.29. The molecule has 10 heteroatoms. The molecule has 2 N–H and O–H groups in total. The molecule has 4 rings (SSSR count). The van der Waals surface area contributed by atoms with E-state index in [1.54, 1.807) is 0 Å². The Morgan fingerprint density at radius 2 is 2.06 bits per heavy atom. The number of nitrogens with one attached hydrogen (secondary N) is 1. The molecule has 0 radical (unpaired) electrons. The normalized spacial score (nSPS) is 18.5. The first-order chi connectivity index (χ1) is 14.7. The van der Waals surface area contributed by atoms with Crippen LogP contribution in [0.3, 0.4) is 0 Å². The van der Waals surface area contributed by atoms with Gasteiger partial charge in [0.1, 0.15) is 11.6 Å². The molecule has 2 aromatic carbocycles. The number of aromatic nitrogens is 2. The molecule has 1 aromatic heterocycles. The first kappa shape index (κ1) is 21.0. The fourth-order valence-electron chi connectivity index (χ4n) is 3.66. The maximum Gasteiger partial charge on any atom is 0.422 e. The number of halogens is 4. The third kappa shape index (κ3) is 4.02. The molecule has 2 atom stereocenters. The van der Waals surface area contributed by atoms with Crippen LogP contribution in [0.5, 0.6) is 5.75 Å². The van der Waals surface area contributed by atoms with Gasteiger partial charge in [-0.25, -0.2) is 9.49 Å². The first-order valence-corrected chi connectivity index (χ1v) is 9.41. The lowest BCUT2D eigenvalue weighted by atomic mass is 9.82. The Balaban J connectivity index is 1.72. The van der Waals surface area contributed by atoms with Crippen LogP contribution in [0.4, 0.5) is 23.2 Å². The number of rotatable bonds is 4. The van der Waals surface area contributed by atoms with E-state index >= 15 is 0 Å². The van der Waals surface area contributed by atoms with Gasteiger partial charge in [0.2, 0.25) is 0 Å². The molecular formula is C21H17F4N3O3. The lowest BCUT2D eigenvalue weighted by molar-refractivity contribution is -0.232. The Hall–Kier alpha value is -3.27. The number of alkyl halides is 3. The van der Waals surface area contributed by atoms with Crippen molar-refractivity contribution in [3.63, 3.8) is 0 Å². The number of benzene rings is 2. The maximum absolute atomic E-state index is 13.9. The molecule has 0 bridgehead atoms. The average Bonchev–Trinajstić information content (AvgIpc) is 2.72. The van der Waals surface area contributed by atoms with E-state index in [4.69, 9.17) is 4.74 Å². The zero-order valence-corrected chi connectivity index (χ0v) is 16.0. The van der Waals surface area contributed by atoms with Gasteiger partial charge >= 0.3 is 6.18 Å². The van der Waals surface area contributed by atoms with Crippen molar-refractivity contribution < 1.29 is 27.4 Å². The van der Waals surface area contributed by atoms with Crippen molar-refractivity contribution in [2.75, 3.05) is 6.61 Å².